The van der Waals surface area contributed by atoms with Gasteiger partial charge >= 0.3 is 12.8 Å². The van der Waals surface area contributed by atoms with Crippen molar-refractivity contribution in [3.05, 3.63) is 65.5 Å². The van der Waals surface area contributed by atoms with E-state index in [1.165, 1.54) is 44.4 Å². The summed E-state index contributed by atoms with van der Waals surface area (Å²) in [5.74, 6) is -2.14. The summed E-state index contributed by atoms with van der Waals surface area (Å²) < 4.78 is 87.5. The van der Waals surface area contributed by atoms with Gasteiger partial charge in [0.2, 0.25) is 11.5 Å². The smallest absolute Gasteiger partial charge is 0.424 e. The normalized spacial score (nSPS) is 18.8. The molecule has 2 amide bonds. The van der Waals surface area contributed by atoms with E-state index in [-0.39, 0.29) is 52.3 Å². The molecule has 6 rings (SSSR count). The Morgan fingerprint density at radius 1 is 1.21 bits per heavy atom. The zero-order chi connectivity index (χ0) is 33.9. The number of fused-ring (bicyclic) bond motifs is 2. The second-order valence-corrected chi connectivity index (χ2v) is 11.6. The van der Waals surface area contributed by atoms with E-state index in [4.69, 9.17) is 15.2 Å². The van der Waals surface area contributed by atoms with Crippen LogP contribution in [0.1, 0.15) is 47.4 Å². The minimum Gasteiger partial charge on any atom is -0.494 e. The lowest BCUT2D eigenvalue weighted by Gasteiger charge is -2.31. The highest BCUT2D eigenvalue weighted by Gasteiger charge is 2.57. The van der Waals surface area contributed by atoms with Crippen LogP contribution < -0.4 is 25.3 Å². The van der Waals surface area contributed by atoms with Crippen molar-refractivity contribution >= 4 is 22.7 Å². The highest BCUT2D eigenvalue weighted by Crippen LogP contribution is 2.48. The number of carbonyl (C=O) groups is 2. The number of hydrogen-bond donors (Lipinski definition) is 3. The molecule has 1 saturated carbocycles. The highest BCUT2D eigenvalue weighted by molar-refractivity contribution is 6.00. The number of aliphatic hydroxyl groups is 1. The third-order valence-electron chi connectivity index (χ3n) is 8.34. The summed E-state index contributed by atoms with van der Waals surface area (Å²) in [6.07, 6.45) is -1.82. The van der Waals surface area contributed by atoms with Gasteiger partial charge in [0.15, 0.2) is 0 Å². The number of benzene rings is 2. The first kappa shape index (κ1) is 32.0. The van der Waals surface area contributed by atoms with E-state index in [0.717, 1.165) is 25.0 Å². The number of rotatable bonds is 10. The number of aromatic nitrogens is 3. The number of ether oxygens (including phenoxy) is 3. The quantitative estimate of drug-likeness (QED) is 0.212. The molecule has 0 bridgehead atoms. The fourth-order valence-electron chi connectivity index (χ4n) is 5.40. The number of methoxy groups -OCH3 is 1. The summed E-state index contributed by atoms with van der Waals surface area (Å²) in [6, 6.07) is 8.76. The summed E-state index contributed by atoms with van der Waals surface area (Å²) in [5, 5.41) is 18.5. The van der Waals surface area contributed by atoms with Crippen molar-refractivity contribution in [2.45, 2.75) is 49.6 Å². The molecule has 4 aromatic rings. The van der Waals surface area contributed by atoms with Crippen LogP contribution in [0.2, 0.25) is 0 Å². The Bertz CT molecular complexity index is 1890. The molecule has 0 saturated heterocycles. The Balaban J connectivity index is 1.40. The molecule has 3 heterocycles. The van der Waals surface area contributed by atoms with Crippen LogP contribution in [0.5, 0.6) is 17.2 Å². The molecule has 0 radical (unpaired) electrons. The fraction of sp³-hybridized carbons (Fsp3) is 0.355. The average molecular weight is 662 g/mol. The van der Waals surface area contributed by atoms with Gasteiger partial charge in [0.25, 0.3) is 5.91 Å². The van der Waals surface area contributed by atoms with E-state index >= 15 is 0 Å². The van der Waals surface area contributed by atoms with Gasteiger partial charge in [0.1, 0.15) is 40.5 Å². The number of nitrogens with two attached hydrogens (primary N) is 1. The van der Waals surface area contributed by atoms with Crippen molar-refractivity contribution in [2.75, 3.05) is 20.3 Å². The molecule has 2 atom stereocenters. The Labute approximate surface area is 263 Å². The standard InChI is InChI=1S/C31H28F5N5O6/c1-29(27(37)43)14-46-25-20(29)11-22(39-24(25)15-4-3-5-19(9-15)47-28(32)33)30(44,31(34,35)36)13-38-26(42)16-8-17-12-41(18-6-7-18)40-23(17)21(10-16)45-2/h3-5,8-12,18,28,44H,6-7,13-14H2,1-2H3,(H2,37,43)(H,38,42)/t29-,30+/m0/s1. The molecule has 248 valence electrons. The van der Waals surface area contributed by atoms with E-state index in [2.05, 4.69) is 20.1 Å². The van der Waals surface area contributed by atoms with Crippen molar-refractivity contribution in [1.29, 1.82) is 0 Å². The maximum absolute atomic E-state index is 14.8. The van der Waals surface area contributed by atoms with Gasteiger partial charge < -0.3 is 30.4 Å². The molecular weight excluding hydrogens is 633 g/mol. The minimum atomic E-state index is -5.42. The number of primary amides is 1. The lowest BCUT2D eigenvalue weighted by atomic mass is 9.81. The molecule has 1 aliphatic carbocycles. The average Bonchev–Trinajstić information content (AvgIpc) is 3.69. The number of alkyl halides is 5. The molecule has 16 heteroatoms. The van der Waals surface area contributed by atoms with E-state index in [1.54, 1.807) is 10.9 Å². The summed E-state index contributed by atoms with van der Waals surface area (Å²) in [4.78, 5) is 29.8. The Morgan fingerprint density at radius 2 is 1.96 bits per heavy atom. The number of halogens is 5. The molecule has 2 aromatic heterocycles. The lowest BCUT2D eigenvalue weighted by molar-refractivity contribution is -0.265. The molecular formula is C31H28F5N5O6. The van der Waals surface area contributed by atoms with Gasteiger partial charge in [0, 0.05) is 28.3 Å². The Kier molecular flexibility index (Phi) is 7.73. The molecule has 47 heavy (non-hydrogen) atoms. The van der Waals surface area contributed by atoms with Gasteiger partial charge in [-0.05, 0) is 50.1 Å². The first-order valence-electron chi connectivity index (χ1n) is 14.3. The maximum Gasteiger partial charge on any atom is 0.424 e. The third-order valence-corrected chi connectivity index (χ3v) is 8.34. The van der Waals surface area contributed by atoms with E-state index in [1.807, 2.05) is 0 Å². The van der Waals surface area contributed by atoms with Crippen LogP contribution in [-0.2, 0) is 15.8 Å². The topological polar surface area (TPSA) is 151 Å². The number of carbonyl (C=O) groups excluding carboxylic acids is 2. The lowest BCUT2D eigenvalue weighted by Crippen LogP contribution is -2.51. The van der Waals surface area contributed by atoms with Crippen LogP contribution >= 0.6 is 0 Å². The van der Waals surface area contributed by atoms with Gasteiger partial charge in [-0.15, -0.1) is 0 Å². The minimum absolute atomic E-state index is 0.0179. The second-order valence-electron chi connectivity index (χ2n) is 11.6. The van der Waals surface area contributed by atoms with Gasteiger partial charge in [0.05, 0.1) is 25.4 Å². The third kappa shape index (κ3) is 5.66. The van der Waals surface area contributed by atoms with Gasteiger partial charge in [-0.25, -0.2) is 4.98 Å². The summed E-state index contributed by atoms with van der Waals surface area (Å²) >= 11 is 0. The molecule has 11 nitrogen and oxygen atoms in total. The molecule has 2 aliphatic rings. The Morgan fingerprint density at radius 3 is 2.60 bits per heavy atom. The number of nitrogens with zero attached hydrogens (tertiary/aromatic N) is 3. The van der Waals surface area contributed by atoms with Crippen LogP contribution in [0.15, 0.2) is 48.7 Å². The zero-order valence-corrected chi connectivity index (χ0v) is 24.9. The SMILES string of the molecule is COc1cc(C(=O)NC[C@@](O)(c2cc3c(c(-c4cccc(OC(F)F)c4)n2)OC[C@]3(C)C(N)=O)C(F)(F)F)cc2cn(C3CC3)nc12. The first-order chi connectivity index (χ1) is 22.1. The van der Waals surface area contributed by atoms with Gasteiger partial charge in [-0.1, -0.05) is 12.1 Å². The highest BCUT2D eigenvalue weighted by atomic mass is 19.4. The van der Waals surface area contributed by atoms with Crippen molar-refractivity contribution in [1.82, 2.24) is 20.1 Å². The maximum atomic E-state index is 14.8. The number of pyridine rings is 1. The zero-order valence-electron chi connectivity index (χ0n) is 24.9. The van der Waals surface area contributed by atoms with Crippen LogP contribution in [-0.4, -0.2) is 64.7 Å². The molecule has 1 fully saturated rings. The van der Waals surface area contributed by atoms with Crippen molar-refractivity contribution < 1.29 is 50.9 Å². The largest absolute Gasteiger partial charge is 0.494 e. The number of hydrogen-bond acceptors (Lipinski definition) is 8. The molecule has 2 aromatic carbocycles. The predicted molar refractivity (Wildman–Crippen MR) is 155 cm³/mol. The van der Waals surface area contributed by atoms with Crippen LogP contribution in [0, 0.1) is 0 Å². The van der Waals surface area contributed by atoms with E-state index < -0.39 is 47.9 Å². The van der Waals surface area contributed by atoms with E-state index in [9.17, 15) is 36.6 Å². The number of nitrogens with one attached hydrogen (secondary N) is 1. The molecule has 1 aliphatic heterocycles. The van der Waals surface area contributed by atoms with Crippen LogP contribution in [0.4, 0.5) is 22.0 Å². The predicted octanol–water partition coefficient (Wildman–Crippen LogP) is 4.36. The molecule has 0 spiro atoms. The summed E-state index contributed by atoms with van der Waals surface area (Å²) in [6.45, 7) is -3.62. The van der Waals surface area contributed by atoms with Gasteiger partial charge in [-0.2, -0.15) is 27.1 Å². The summed E-state index contributed by atoms with van der Waals surface area (Å²) in [7, 11) is 1.37. The van der Waals surface area contributed by atoms with Crippen molar-refractivity contribution in [2.24, 2.45) is 5.73 Å². The second kappa shape index (κ2) is 11.4. The molecule has 0 unspecified atom stereocenters. The molecule has 4 N–H and O–H groups in total. The van der Waals surface area contributed by atoms with Crippen molar-refractivity contribution in [3.8, 4) is 28.5 Å². The van der Waals surface area contributed by atoms with Crippen LogP contribution in [0.3, 0.4) is 0 Å². The monoisotopic (exact) mass is 661 g/mol. The van der Waals surface area contributed by atoms with E-state index in [0.29, 0.717) is 10.9 Å². The summed E-state index contributed by atoms with van der Waals surface area (Å²) in [5.41, 5.74) is -0.883. The van der Waals surface area contributed by atoms with Crippen molar-refractivity contribution in [3.63, 3.8) is 0 Å². The number of amides is 2. The fourth-order valence-corrected chi connectivity index (χ4v) is 5.40. The van der Waals surface area contributed by atoms with Crippen LogP contribution in [0.25, 0.3) is 22.2 Å². The Hall–Kier alpha value is -4.99. The first-order valence-corrected chi connectivity index (χ1v) is 14.3. The van der Waals surface area contributed by atoms with Gasteiger partial charge in [-0.3, -0.25) is 14.3 Å².